The molecule has 110 valence electrons. The van der Waals surface area contributed by atoms with Gasteiger partial charge in [0.15, 0.2) is 5.13 Å². The highest BCUT2D eigenvalue weighted by atomic mass is 32.1. The number of thiazole rings is 1. The van der Waals surface area contributed by atoms with Crippen LogP contribution in [0.4, 0.5) is 9.93 Å². The van der Waals surface area contributed by atoms with Crippen molar-refractivity contribution < 1.29 is 9.53 Å². The van der Waals surface area contributed by atoms with Gasteiger partial charge in [0.25, 0.3) is 0 Å². The third kappa shape index (κ3) is 5.76. The van der Waals surface area contributed by atoms with Gasteiger partial charge in [-0.05, 0) is 20.8 Å². The second-order valence-corrected chi connectivity index (χ2v) is 12.3. The molecule has 1 amide bonds. The van der Waals surface area contributed by atoms with Gasteiger partial charge >= 0.3 is 6.09 Å². The molecule has 0 saturated heterocycles. The van der Waals surface area contributed by atoms with Gasteiger partial charge < -0.3 is 4.74 Å². The van der Waals surface area contributed by atoms with Crippen LogP contribution in [0.3, 0.4) is 0 Å². The first-order valence-corrected chi connectivity index (χ1v) is 10.8. The molecule has 0 fully saturated rings. The SMILES string of the molecule is CN(C(=O)OC(C)(C)C)c1ncc(C#C[Si](C)(C)C)s1. The fourth-order valence-corrected chi connectivity index (χ4v) is 2.46. The van der Waals surface area contributed by atoms with E-state index in [0.29, 0.717) is 5.13 Å². The largest absolute Gasteiger partial charge is 0.443 e. The van der Waals surface area contributed by atoms with Crippen molar-refractivity contribution in [3.8, 4) is 11.5 Å². The third-order valence-electron chi connectivity index (χ3n) is 2.01. The van der Waals surface area contributed by atoms with Crippen LogP contribution in [-0.4, -0.2) is 31.8 Å². The van der Waals surface area contributed by atoms with Gasteiger partial charge in [0.1, 0.15) is 13.7 Å². The van der Waals surface area contributed by atoms with Gasteiger partial charge in [0.05, 0.1) is 11.1 Å². The number of nitrogens with zero attached hydrogens (tertiary/aromatic N) is 2. The van der Waals surface area contributed by atoms with E-state index in [9.17, 15) is 4.79 Å². The molecular weight excluding hydrogens is 288 g/mol. The summed E-state index contributed by atoms with van der Waals surface area (Å²) in [5.41, 5.74) is 2.77. The molecule has 1 aromatic rings. The number of ether oxygens (including phenoxy) is 1. The van der Waals surface area contributed by atoms with Crippen molar-refractivity contribution in [2.24, 2.45) is 0 Å². The molecule has 20 heavy (non-hydrogen) atoms. The summed E-state index contributed by atoms with van der Waals surface area (Å²) in [6.45, 7) is 12.1. The summed E-state index contributed by atoms with van der Waals surface area (Å²) in [6.07, 6.45) is 1.30. The van der Waals surface area contributed by atoms with Crippen LogP contribution in [0, 0.1) is 11.5 Å². The van der Waals surface area contributed by atoms with Gasteiger partial charge in [-0.1, -0.05) is 36.9 Å². The number of anilines is 1. The van der Waals surface area contributed by atoms with Crippen LogP contribution in [0.1, 0.15) is 25.6 Å². The Morgan fingerprint density at radius 2 is 2.00 bits per heavy atom. The smallest absolute Gasteiger partial charge is 0.416 e. The second-order valence-electron chi connectivity index (χ2n) is 6.55. The lowest BCUT2D eigenvalue weighted by molar-refractivity contribution is 0.0589. The first kappa shape index (κ1) is 16.7. The maximum Gasteiger partial charge on any atom is 0.416 e. The Balaban J connectivity index is 2.81. The van der Waals surface area contributed by atoms with Crippen molar-refractivity contribution in [3.05, 3.63) is 11.1 Å². The molecule has 0 aliphatic heterocycles. The number of carbonyl (C=O) groups is 1. The highest BCUT2D eigenvalue weighted by Crippen LogP contribution is 2.22. The van der Waals surface area contributed by atoms with Crippen LogP contribution in [0.5, 0.6) is 0 Å². The van der Waals surface area contributed by atoms with Crippen LogP contribution in [-0.2, 0) is 4.74 Å². The summed E-state index contributed by atoms with van der Waals surface area (Å²) in [4.78, 5) is 18.4. The summed E-state index contributed by atoms with van der Waals surface area (Å²) in [7, 11) is 0.256. The van der Waals surface area contributed by atoms with Crippen molar-refractivity contribution in [3.63, 3.8) is 0 Å². The van der Waals surface area contributed by atoms with E-state index in [0.717, 1.165) is 4.88 Å². The number of carbonyl (C=O) groups excluding carboxylic acids is 1. The monoisotopic (exact) mass is 310 g/mol. The zero-order valence-corrected chi connectivity index (χ0v) is 15.0. The van der Waals surface area contributed by atoms with Crippen LogP contribution in [0.15, 0.2) is 6.20 Å². The van der Waals surface area contributed by atoms with E-state index in [-0.39, 0.29) is 0 Å². The fourth-order valence-electron chi connectivity index (χ4n) is 1.14. The summed E-state index contributed by atoms with van der Waals surface area (Å²) >= 11 is 1.40. The lowest BCUT2D eigenvalue weighted by atomic mass is 10.2. The molecule has 0 unspecified atom stereocenters. The third-order valence-corrected chi connectivity index (χ3v) is 3.87. The van der Waals surface area contributed by atoms with Crippen LogP contribution in [0.25, 0.3) is 0 Å². The highest BCUT2D eigenvalue weighted by Gasteiger charge is 2.22. The zero-order valence-electron chi connectivity index (χ0n) is 13.2. The molecule has 1 rings (SSSR count). The quantitative estimate of drug-likeness (QED) is 0.586. The minimum Gasteiger partial charge on any atom is -0.443 e. The highest BCUT2D eigenvalue weighted by molar-refractivity contribution is 7.16. The molecule has 1 aromatic heterocycles. The Morgan fingerprint density at radius 3 is 2.50 bits per heavy atom. The Kier molecular flexibility index (Phi) is 5.00. The van der Waals surface area contributed by atoms with E-state index in [1.54, 1.807) is 13.2 Å². The molecule has 0 radical (unpaired) electrons. The normalized spacial score (nSPS) is 11.6. The van der Waals surface area contributed by atoms with Crippen LogP contribution < -0.4 is 4.90 Å². The Labute approximate surface area is 126 Å². The van der Waals surface area contributed by atoms with Crippen LogP contribution >= 0.6 is 11.3 Å². The first-order chi connectivity index (χ1) is 8.98. The van der Waals surface area contributed by atoms with E-state index in [1.807, 2.05) is 20.8 Å². The maximum atomic E-state index is 11.9. The van der Waals surface area contributed by atoms with Crippen molar-refractivity contribution in [2.45, 2.75) is 46.0 Å². The molecule has 0 N–H and O–H groups in total. The van der Waals surface area contributed by atoms with E-state index >= 15 is 0 Å². The van der Waals surface area contributed by atoms with Gasteiger partial charge in [-0.3, -0.25) is 4.90 Å². The maximum absolute atomic E-state index is 11.9. The Bertz CT molecular complexity index is 544. The molecule has 0 aliphatic rings. The minimum atomic E-state index is -1.40. The van der Waals surface area contributed by atoms with Crippen molar-refractivity contribution >= 4 is 30.6 Å². The summed E-state index contributed by atoms with van der Waals surface area (Å²) in [5.74, 6) is 3.14. The van der Waals surface area contributed by atoms with Crippen molar-refractivity contribution in [2.75, 3.05) is 11.9 Å². The second kappa shape index (κ2) is 5.98. The average Bonchev–Trinajstić information content (AvgIpc) is 2.70. The topological polar surface area (TPSA) is 42.4 Å². The average molecular weight is 310 g/mol. The van der Waals surface area contributed by atoms with E-state index in [1.165, 1.54) is 16.2 Å². The standard InChI is InChI=1S/C14H22N2O2SSi/c1-14(2,3)18-13(17)16(4)12-15-10-11(19-12)8-9-20(5,6)7/h10H,1-7H3. The Hall–Kier alpha value is -1.32. The molecule has 4 nitrogen and oxygen atoms in total. The Morgan fingerprint density at radius 1 is 1.40 bits per heavy atom. The molecule has 0 atom stereocenters. The van der Waals surface area contributed by atoms with E-state index in [4.69, 9.17) is 4.74 Å². The van der Waals surface area contributed by atoms with E-state index in [2.05, 4.69) is 36.1 Å². The van der Waals surface area contributed by atoms with Crippen molar-refractivity contribution in [1.29, 1.82) is 0 Å². The van der Waals surface area contributed by atoms with Gasteiger partial charge in [-0.25, -0.2) is 9.78 Å². The molecule has 0 aromatic carbocycles. The molecular formula is C14H22N2O2SSi. The van der Waals surface area contributed by atoms with E-state index < -0.39 is 19.8 Å². The number of aromatic nitrogens is 1. The van der Waals surface area contributed by atoms with Gasteiger partial charge in [-0.15, -0.1) is 5.54 Å². The summed E-state index contributed by atoms with van der Waals surface area (Å²) < 4.78 is 5.30. The summed E-state index contributed by atoms with van der Waals surface area (Å²) in [5, 5.41) is 0.596. The lowest BCUT2D eigenvalue weighted by Gasteiger charge is -2.23. The number of rotatable bonds is 1. The predicted octanol–water partition coefficient (Wildman–Crippen LogP) is 3.74. The van der Waals surface area contributed by atoms with Crippen LogP contribution in [0.2, 0.25) is 19.6 Å². The molecule has 6 heteroatoms. The molecule has 0 saturated carbocycles. The van der Waals surface area contributed by atoms with Gasteiger partial charge in [-0.2, -0.15) is 0 Å². The lowest BCUT2D eigenvalue weighted by Crippen LogP contribution is -2.34. The number of hydrogen-bond acceptors (Lipinski definition) is 4. The molecule has 0 spiro atoms. The molecule has 1 heterocycles. The summed E-state index contributed by atoms with van der Waals surface area (Å²) in [6, 6.07) is 0. The fraction of sp³-hybridized carbons (Fsp3) is 0.571. The number of hydrogen-bond donors (Lipinski definition) is 0. The number of amides is 1. The molecule has 0 aliphatic carbocycles. The van der Waals surface area contributed by atoms with Gasteiger partial charge in [0.2, 0.25) is 0 Å². The zero-order chi connectivity index (χ0) is 15.6. The van der Waals surface area contributed by atoms with Gasteiger partial charge in [0, 0.05) is 7.05 Å². The predicted molar refractivity (Wildman–Crippen MR) is 87.0 cm³/mol. The minimum absolute atomic E-state index is 0.406. The van der Waals surface area contributed by atoms with Crippen molar-refractivity contribution in [1.82, 2.24) is 4.98 Å². The molecule has 0 bridgehead atoms. The first-order valence-electron chi connectivity index (χ1n) is 6.44.